The van der Waals surface area contributed by atoms with E-state index in [4.69, 9.17) is 21.3 Å². The summed E-state index contributed by atoms with van der Waals surface area (Å²) >= 11 is 0. The van der Waals surface area contributed by atoms with Crippen LogP contribution in [0.2, 0.25) is 0 Å². The van der Waals surface area contributed by atoms with E-state index >= 15 is 0 Å². The molecule has 1 aliphatic heterocycles. The summed E-state index contributed by atoms with van der Waals surface area (Å²) in [6.07, 6.45) is 6.52. The van der Waals surface area contributed by atoms with Gasteiger partial charge in [-0.25, -0.2) is 19.0 Å². The Bertz CT molecular complexity index is 1630. The number of halogens is 1. The van der Waals surface area contributed by atoms with Gasteiger partial charge in [0.2, 0.25) is 0 Å². The maximum atomic E-state index is 14.0. The molecule has 2 fully saturated rings. The first-order valence-corrected chi connectivity index (χ1v) is 13.2. The van der Waals surface area contributed by atoms with Gasteiger partial charge in [-0.05, 0) is 68.0 Å². The Kier molecular flexibility index (Phi) is 6.63. The second-order valence-electron chi connectivity index (χ2n) is 10.1. The number of amides is 2. The van der Waals surface area contributed by atoms with Crippen molar-refractivity contribution in [1.82, 2.24) is 24.6 Å². The van der Waals surface area contributed by atoms with Crippen molar-refractivity contribution in [3.8, 4) is 22.8 Å². The average molecular weight is 542 g/mol. The third-order valence-corrected chi connectivity index (χ3v) is 7.26. The van der Waals surface area contributed by atoms with Crippen molar-refractivity contribution in [2.45, 2.75) is 31.7 Å². The van der Waals surface area contributed by atoms with Crippen molar-refractivity contribution >= 4 is 28.7 Å². The summed E-state index contributed by atoms with van der Waals surface area (Å²) in [4.78, 5) is 35.6. The first-order chi connectivity index (χ1) is 19.4. The molecule has 11 heteroatoms. The lowest BCUT2D eigenvalue weighted by atomic mass is 10.0. The third kappa shape index (κ3) is 4.97. The third-order valence-electron chi connectivity index (χ3n) is 7.26. The lowest BCUT2D eigenvalue weighted by Gasteiger charge is -2.33. The number of carbonyl (C=O) groups is 2. The first-order valence-electron chi connectivity index (χ1n) is 13.2. The van der Waals surface area contributed by atoms with Crippen LogP contribution in [0, 0.1) is 11.7 Å². The van der Waals surface area contributed by atoms with Gasteiger partial charge in [-0.2, -0.15) is 5.10 Å². The van der Waals surface area contributed by atoms with Gasteiger partial charge in [-0.15, -0.1) is 0 Å². The number of para-hydroxylation sites is 1. The molecule has 204 valence electrons. The van der Waals surface area contributed by atoms with Crippen LogP contribution in [-0.2, 0) is 9.59 Å². The number of aromatic nitrogens is 4. The van der Waals surface area contributed by atoms with Crippen LogP contribution in [-0.4, -0.2) is 49.6 Å². The summed E-state index contributed by atoms with van der Waals surface area (Å²) in [6.45, 7) is 0.876. The number of nitrogen functional groups attached to an aromatic ring is 1. The largest absolute Gasteiger partial charge is 0.454 e. The molecule has 0 unspecified atom stereocenters. The summed E-state index contributed by atoms with van der Waals surface area (Å²) in [6, 6.07) is 13.1. The molecule has 40 heavy (non-hydrogen) atoms. The summed E-state index contributed by atoms with van der Waals surface area (Å²) in [5, 5.41) is 5.49. The van der Waals surface area contributed by atoms with Gasteiger partial charge in [-0.1, -0.05) is 18.2 Å². The van der Waals surface area contributed by atoms with Crippen LogP contribution < -0.4 is 16.2 Å². The maximum Gasteiger partial charge on any atom is 0.259 e. The number of benzene rings is 2. The minimum Gasteiger partial charge on any atom is -0.454 e. The van der Waals surface area contributed by atoms with E-state index in [-0.39, 0.29) is 35.0 Å². The molecule has 1 saturated carbocycles. The van der Waals surface area contributed by atoms with Crippen molar-refractivity contribution in [2.24, 2.45) is 11.7 Å². The summed E-state index contributed by atoms with van der Waals surface area (Å²) in [5.41, 5.74) is 13.8. The number of fused-ring (bicyclic) bond motifs is 1. The summed E-state index contributed by atoms with van der Waals surface area (Å²) < 4.78 is 21.5. The van der Waals surface area contributed by atoms with E-state index in [1.807, 2.05) is 12.1 Å². The number of rotatable bonds is 7. The molecule has 6 rings (SSSR count). The smallest absolute Gasteiger partial charge is 0.259 e. The summed E-state index contributed by atoms with van der Waals surface area (Å²) in [7, 11) is 0. The molecule has 2 aromatic heterocycles. The average Bonchev–Trinajstić information content (AvgIpc) is 3.70. The topological polar surface area (TPSA) is 142 Å². The van der Waals surface area contributed by atoms with Crippen molar-refractivity contribution < 1.29 is 18.7 Å². The Morgan fingerprint density at radius 3 is 2.55 bits per heavy atom. The molecular weight excluding hydrogens is 513 g/mol. The minimum absolute atomic E-state index is 0.0541. The SMILES string of the molecule is NC(=O)/C(=C/C1CC1)C(=O)N1CCC[C@@H](n2nc(-c3ccc(Oc4ccccc4F)cc3)c3c(N)ncnc32)C1. The fourth-order valence-electron chi connectivity index (χ4n) is 5.05. The Morgan fingerprint density at radius 1 is 1.05 bits per heavy atom. The van der Waals surface area contributed by atoms with Gasteiger partial charge in [0.25, 0.3) is 11.8 Å². The van der Waals surface area contributed by atoms with E-state index in [0.29, 0.717) is 35.6 Å². The molecule has 2 aromatic carbocycles. The number of anilines is 1. The summed E-state index contributed by atoms with van der Waals surface area (Å²) in [5.74, 6) is -0.377. The van der Waals surface area contributed by atoms with E-state index in [0.717, 1.165) is 31.2 Å². The number of allylic oxidation sites excluding steroid dienone is 1. The minimum atomic E-state index is -0.700. The molecule has 4 N–H and O–H groups in total. The van der Waals surface area contributed by atoms with Crippen molar-refractivity contribution in [3.63, 3.8) is 0 Å². The second-order valence-corrected chi connectivity index (χ2v) is 10.1. The molecule has 10 nitrogen and oxygen atoms in total. The molecule has 0 spiro atoms. The van der Waals surface area contributed by atoms with Crippen LogP contribution in [0.3, 0.4) is 0 Å². The molecule has 2 aliphatic rings. The highest BCUT2D eigenvalue weighted by Gasteiger charge is 2.32. The lowest BCUT2D eigenvalue weighted by molar-refractivity contribution is -0.131. The number of hydrogen-bond donors (Lipinski definition) is 2. The van der Waals surface area contributed by atoms with Crippen molar-refractivity contribution in [2.75, 3.05) is 18.8 Å². The Labute approximate surface area is 229 Å². The first kappa shape index (κ1) is 25.5. The fourth-order valence-corrected chi connectivity index (χ4v) is 5.05. The molecule has 0 bridgehead atoms. The molecule has 4 aromatic rings. The molecule has 3 heterocycles. The highest BCUT2D eigenvalue weighted by molar-refractivity contribution is 6.17. The van der Waals surface area contributed by atoms with E-state index in [1.165, 1.54) is 12.4 Å². The zero-order valence-corrected chi connectivity index (χ0v) is 21.7. The molecular formula is C29H28FN7O3. The number of nitrogens with zero attached hydrogens (tertiary/aromatic N) is 5. The van der Waals surface area contributed by atoms with Crippen LogP contribution in [0.1, 0.15) is 31.7 Å². The Morgan fingerprint density at radius 2 is 1.82 bits per heavy atom. The predicted octanol–water partition coefficient (Wildman–Crippen LogP) is 3.99. The monoisotopic (exact) mass is 541 g/mol. The van der Waals surface area contributed by atoms with Gasteiger partial charge in [0, 0.05) is 18.7 Å². The highest BCUT2D eigenvalue weighted by atomic mass is 19.1. The number of nitrogens with two attached hydrogens (primary N) is 2. The molecule has 2 amide bonds. The van der Waals surface area contributed by atoms with E-state index in [9.17, 15) is 14.0 Å². The van der Waals surface area contributed by atoms with Gasteiger partial charge in [0.15, 0.2) is 17.2 Å². The van der Waals surface area contributed by atoms with Gasteiger partial charge in [-0.3, -0.25) is 9.59 Å². The van der Waals surface area contributed by atoms with Crippen LogP contribution in [0.4, 0.5) is 10.2 Å². The highest BCUT2D eigenvalue weighted by Crippen LogP contribution is 2.36. The van der Waals surface area contributed by atoms with Crippen LogP contribution in [0.5, 0.6) is 11.5 Å². The molecule has 1 atom stereocenters. The van der Waals surface area contributed by atoms with Gasteiger partial charge in [0.05, 0.1) is 11.4 Å². The molecule has 0 radical (unpaired) electrons. The normalized spacial score (nSPS) is 17.7. The van der Waals surface area contributed by atoms with Crippen molar-refractivity contribution in [3.05, 3.63) is 72.3 Å². The quantitative estimate of drug-likeness (QED) is 0.205. The van der Waals surface area contributed by atoms with Crippen molar-refractivity contribution in [1.29, 1.82) is 0 Å². The van der Waals surface area contributed by atoms with Crippen LogP contribution in [0.15, 0.2) is 66.5 Å². The van der Waals surface area contributed by atoms with E-state index < -0.39 is 11.7 Å². The second kappa shape index (κ2) is 10.4. The van der Waals surface area contributed by atoms with E-state index in [1.54, 1.807) is 46.0 Å². The van der Waals surface area contributed by atoms with Gasteiger partial charge < -0.3 is 21.1 Å². The number of piperidine rings is 1. The predicted molar refractivity (Wildman–Crippen MR) is 146 cm³/mol. The zero-order chi connectivity index (χ0) is 27.8. The standard InChI is InChI=1S/C29H28FN7O3/c30-22-5-1-2-6-23(22)40-20-11-9-18(10-12-20)25-24-26(31)33-16-34-28(24)37(35-25)19-4-3-13-36(15-19)29(39)21(27(32)38)14-17-7-8-17/h1-2,5-6,9-12,14,16-17,19H,3-4,7-8,13,15H2,(H2,32,38)(H2,31,33,34)/b21-14-/t19-/m1/s1. The molecule has 1 saturated heterocycles. The van der Waals surface area contributed by atoms with Gasteiger partial charge in [0.1, 0.15) is 29.2 Å². The maximum absolute atomic E-state index is 14.0. The number of carbonyl (C=O) groups excluding carboxylic acids is 2. The number of ether oxygens (including phenoxy) is 1. The van der Waals surface area contributed by atoms with Crippen LogP contribution >= 0.6 is 0 Å². The number of primary amides is 1. The Hall–Kier alpha value is -4.80. The fraction of sp³-hybridized carbons (Fsp3) is 0.276. The van der Waals surface area contributed by atoms with Crippen LogP contribution in [0.25, 0.3) is 22.3 Å². The zero-order valence-electron chi connectivity index (χ0n) is 21.7. The lowest BCUT2D eigenvalue weighted by Crippen LogP contribution is -2.43. The molecule has 1 aliphatic carbocycles. The number of hydrogen-bond acceptors (Lipinski definition) is 7. The van der Waals surface area contributed by atoms with Gasteiger partial charge >= 0.3 is 0 Å². The Balaban J connectivity index is 1.30. The number of likely N-dealkylation sites (tertiary alicyclic amines) is 1. The van der Waals surface area contributed by atoms with E-state index in [2.05, 4.69) is 9.97 Å².